The van der Waals surface area contributed by atoms with Crippen molar-refractivity contribution in [2.75, 3.05) is 13.7 Å². The third-order valence-electron chi connectivity index (χ3n) is 2.70. The molecule has 0 fully saturated rings. The molecule has 0 aliphatic heterocycles. The molecule has 1 unspecified atom stereocenters. The predicted octanol–water partition coefficient (Wildman–Crippen LogP) is 1.84. The lowest BCUT2D eigenvalue weighted by Gasteiger charge is -2.10. The summed E-state index contributed by atoms with van der Waals surface area (Å²) < 4.78 is 5.17. The third kappa shape index (κ3) is 2.01. The average Bonchev–Trinajstić information content (AvgIpc) is 2.36. The van der Waals surface area contributed by atoms with Crippen molar-refractivity contribution in [3.63, 3.8) is 0 Å². The molecule has 0 aromatic heterocycles. The average molecular weight is 217 g/mol. The van der Waals surface area contributed by atoms with Gasteiger partial charge in [0.15, 0.2) is 0 Å². The maximum absolute atomic E-state index is 9.01. The zero-order valence-corrected chi connectivity index (χ0v) is 9.18. The van der Waals surface area contributed by atoms with E-state index in [0.717, 1.165) is 22.1 Å². The van der Waals surface area contributed by atoms with Gasteiger partial charge in [0.2, 0.25) is 0 Å². The van der Waals surface area contributed by atoms with Gasteiger partial charge >= 0.3 is 0 Å². The summed E-state index contributed by atoms with van der Waals surface area (Å²) in [7, 11) is 1.64. The Labute approximate surface area is 94.5 Å². The van der Waals surface area contributed by atoms with E-state index in [1.165, 1.54) is 0 Å². The Hall–Kier alpha value is -1.58. The summed E-state index contributed by atoms with van der Waals surface area (Å²) in [5.41, 5.74) is 6.71. The van der Waals surface area contributed by atoms with Crippen LogP contribution in [0.25, 0.3) is 10.8 Å². The number of benzene rings is 2. The van der Waals surface area contributed by atoms with Gasteiger partial charge in [-0.2, -0.15) is 0 Å². The smallest absolute Gasteiger partial charge is 0.119 e. The van der Waals surface area contributed by atoms with Crippen LogP contribution in [0.4, 0.5) is 0 Å². The molecule has 0 saturated carbocycles. The number of nitrogens with two attached hydrogens (primary N) is 1. The van der Waals surface area contributed by atoms with Gasteiger partial charge in [0.25, 0.3) is 0 Å². The molecule has 0 heterocycles. The molecule has 0 spiro atoms. The van der Waals surface area contributed by atoms with E-state index in [2.05, 4.69) is 0 Å². The van der Waals surface area contributed by atoms with E-state index in [4.69, 9.17) is 15.6 Å². The zero-order chi connectivity index (χ0) is 11.5. The highest BCUT2D eigenvalue weighted by atomic mass is 16.5. The summed E-state index contributed by atoms with van der Waals surface area (Å²) in [4.78, 5) is 0. The second-order valence-corrected chi connectivity index (χ2v) is 3.76. The fraction of sp³-hybridized carbons (Fsp3) is 0.231. The first-order chi connectivity index (χ1) is 7.74. The van der Waals surface area contributed by atoms with E-state index >= 15 is 0 Å². The standard InChI is InChI=1S/C13H15NO2/c1-16-12-5-4-9-2-3-10(13(14)8-15)6-11(9)7-12/h2-7,13,15H,8,14H2,1H3. The normalized spacial score (nSPS) is 12.7. The van der Waals surface area contributed by atoms with Crippen LogP contribution in [-0.2, 0) is 0 Å². The van der Waals surface area contributed by atoms with Crippen LogP contribution >= 0.6 is 0 Å². The van der Waals surface area contributed by atoms with Crippen LogP contribution in [-0.4, -0.2) is 18.8 Å². The highest BCUT2D eigenvalue weighted by molar-refractivity contribution is 5.84. The fourth-order valence-electron chi connectivity index (χ4n) is 1.71. The molecule has 84 valence electrons. The number of aliphatic hydroxyl groups excluding tert-OH is 1. The fourth-order valence-corrected chi connectivity index (χ4v) is 1.71. The van der Waals surface area contributed by atoms with Crippen LogP contribution in [0.3, 0.4) is 0 Å². The summed E-state index contributed by atoms with van der Waals surface area (Å²) >= 11 is 0. The number of aliphatic hydroxyl groups is 1. The first-order valence-electron chi connectivity index (χ1n) is 5.18. The molecule has 1 atom stereocenters. The monoisotopic (exact) mass is 217 g/mol. The Kier molecular flexibility index (Phi) is 3.08. The highest BCUT2D eigenvalue weighted by Crippen LogP contribution is 2.23. The van der Waals surface area contributed by atoms with E-state index < -0.39 is 0 Å². The zero-order valence-electron chi connectivity index (χ0n) is 9.18. The molecule has 3 N–H and O–H groups in total. The van der Waals surface area contributed by atoms with Crippen LogP contribution < -0.4 is 10.5 Å². The highest BCUT2D eigenvalue weighted by Gasteiger charge is 2.05. The van der Waals surface area contributed by atoms with E-state index in [1.807, 2.05) is 36.4 Å². The summed E-state index contributed by atoms with van der Waals surface area (Å²) in [6.45, 7) is -0.0462. The number of methoxy groups -OCH3 is 1. The maximum atomic E-state index is 9.01. The molecule has 0 bridgehead atoms. The molecule has 2 rings (SSSR count). The molecule has 3 nitrogen and oxygen atoms in total. The van der Waals surface area contributed by atoms with Crippen molar-refractivity contribution in [1.29, 1.82) is 0 Å². The maximum Gasteiger partial charge on any atom is 0.119 e. The van der Waals surface area contributed by atoms with Crippen molar-refractivity contribution in [2.45, 2.75) is 6.04 Å². The van der Waals surface area contributed by atoms with Gasteiger partial charge in [-0.15, -0.1) is 0 Å². The van der Waals surface area contributed by atoms with Crippen molar-refractivity contribution < 1.29 is 9.84 Å². The van der Waals surface area contributed by atoms with Gasteiger partial charge in [-0.1, -0.05) is 18.2 Å². The molecule has 16 heavy (non-hydrogen) atoms. The number of hydrogen-bond donors (Lipinski definition) is 2. The van der Waals surface area contributed by atoms with Gasteiger partial charge in [0.1, 0.15) is 5.75 Å². The lowest BCUT2D eigenvalue weighted by atomic mass is 10.0. The molecule has 0 radical (unpaired) electrons. The summed E-state index contributed by atoms with van der Waals surface area (Å²) in [6, 6.07) is 11.5. The Morgan fingerprint density at radius 3 is 2.62 bits per heavy atom. The predicted molar refractivity (Wildman–Crippen MR) is 64.5 cm³/mol. The van der Waals surface area contributed by atoms with Gasteiger partial charge in [0.05, 0.1) is 19.8 Å². The quantitative estimate of drug-likeness (QED) is 0.824. The summed E-state index contributed by atoms with van der Waals surface area (Å²) in [5, 5.41) is 11.2. The van der Waals surface area contributed by atoms with E-state index in [9.17, 15) is 0 Å². The number of rotatable bonds is 3. The first kappa shape index (κ1) is 10.9. The van der Waals surface area contributed by atoms with Gasteiger partial charge < -0.3 is 15.6 Å². The van der Waals surface area contributed by atoms with Gasteiger partial charge in [-0.3, -0.25) is 0 Å². The minimum Gasteiger partial charge on any atom is -0.497 e. The number of hydrogen-bond acceptors (Lipinski definition) is 3. The molecular formula is C13H15NO2. The molecule has 2 aromatic carbocycles. The van der Waals surface area contributed by atoms with Crippen molar-refractivity contribution in [3.8, 4) is 5.75 Å². The van der Waals surface area contributed by atoms with Crippen LogP contribution in [0, 0.1) is 0 Å². The molecule has 0 saturated heterocycles. The van der Waals surface area contributed by atoms with Crippen LogP contribution in [0.1, 0.15) is 11.6 Å². The molecule has 2 aromatic rings. The Balaban J connectivity index is 2.50. The van der Waals surface area contributed by atoms with Crippen LogP contribution in [0.5, 0.6) is 5.75 Å². The van der Waals surface area contributed by atoms with E-state index in [0.29, 0.717) is 0 Å². The second kappa shape index (κ2) is 4.51. The lowest BCUT2D eigenvalue weighted by molar-refractivity contribution is 0.268. The van der Waals surface area contributed by atoms with Gasteiger partial charge in [-0.25, -0.2) is 0 Å². The minimum absolute atomic E-state index is 0.0462. The molecule has 0 aliphatic carbocycles. The Morgan fingerprint density at radius 1 is 1.19 bits per heavy atom. The molecule has 0 aliphatic rings. The third-order valence-corrected chi connectivity index (χ3v) is 2.70. The summed E-state index contributed by atoms with van der Waals surface area (Å²) in [5.74, 6) is 0.821. The first-order valence-corrected chi connectivity index (χ1v) is 5.18. The lowest BCUT2D eigenvalue weighted by Crippen LogP contribution is -2.14. The minimum atomic E-state index is -0.324. The van der Waals surface area contributed by atoms with Crippen molar-refractivity contribution >= 4 is 10.8 Å². The Morgan fingerprint density at radius 2 is 1.94 bits per heavy atom. The van der Waals surface area contributed by atoms with E-state index in [1.54, 1.807) is 7.11 Å². The van der Waals surface area contributed by atoms with Crippen molar-refractivity contribution in [2.24, 2.45) is 5.73 Å². The topological polar surface area (TPSA) is 55.5 Å². The van der Waals surface area contributed by atoms with Crippen LogP contribution in [0.15, 0.2) is 36.4 Å². The van der Waals surface area contributed by atoms with Gasteiger partial charge in [0, 0.05) is 0 Å². The van der Waals surface area contributed by atoms with Crippen molar-refractivity contribution in [3.05, 3.63) is 42.0 Å². The summed E-state index contributed by atoms with van der Waals surface area (Å²) in [6.07, 6.45) is 0. The van der Waals surface area contributed by atoms with Gasteiger partial charge in [-0.05, 0) is 34.5 Å². The Bertz CT molecular complexity index is 496. The van der Waals surface area contributed by atoms with E-state index in [-0.39, 0.29) is 12.6 Å². The SMILES string of the molecule is COc1ccc2ccc(C(N)CO)cc2c1. The van der Waals surface area contributed by atoms with Crippen molar-refractivity contribution in [1.82, 2.24) is 0 Å². The molecule has 3 heteroatoms. The number of ether oxygens (including phenoxy) is 1. The largest absolute Gasteiger partial charge is 0.497 e. The van der Waals surface area contributed by atoms with Crippen LogP contribution in [0.2, 0.25) is 0 Å². The molecular weight excluding hydrogens is 202 g/mol. The molecule has 0 amide bonds. The number of fused-ring (bicyclic) bond motifs is 1. The second-order valence-electron chi connectivity index (χ2n) is 3.76.